The molecule has 2 aromatic carbocycles. The lowest BCUT2D eigenvalue weighted by Crippen LogP contribution is -2.11. The number of nitro groups is 1. The highest BCUT2D eigenvalue weighted by Crippen LogP contribution is 2.29. The molecule has 0 fully saturated rings. The topological polar surface area (TPSA) is 87.9 Å². The Morgan fingerprint density at radius 3 is 2.31 bits per heavy atom. The number of carbonyl (C=O) groups excluding carboxylic acids is 1. The molecule has 0 amide bonds. The summed E-state index contributed by atoms with van der Waals surface area (Å²) in [5, 5.41) is 11.5. The van der Waals surface area contributed by atoms with E-state index in [2.05, 4.69) is 6.58 Å². The molecular formula is C28H37NO6. The van der Waals surface area contributed by atoms with Crippen LogP contribution in [0.15, 0.2) is 55.1 Å². The second-order valence-corrected chi connectivity index (χ2v) is 8.67. The van der Waals surface area contributed by atoms with Gasteiger partial charge in [0, 0.05) is 6.07 Å². The SMILES string of the molecule is C=CCCCCCCCCOc1ccc(OC(=O)c2ccc(OCC(C)CC)c([N+](=O)[O-])c2)cc1. The molecule has 0 aliphatic heterocycles. The molecule has 2 aromatic rings. The van der Waals surface area contributed by atoms with Gasteiger partial charge < -0.3 is 14.2 Å². The van der Waals surface area contributed by atoms with E-state index in [0.717, 1.165) is 25.7 Å². The number of benzene rings is 2. The summed E-state index contributed by atoms with van der Waals surface area (Å²) in [6.07, 6.45) is 11.0. The van der Waals surface area contributed by atoms with Gasteiger partial charge in [0.2, 0.25) is 0 Å². The molecular weight excluding hydrogens is 446 g/mol. The van der Waals surface area contributed by atoms with Gasteiger partial charge in [-0.15, -0.1) is 6.58 Å². The molecule has 0 aromatic heterocycles. The third-order valence-electron chi connectivity index (χ3n) is 5.72. The Labute approximate surface area is 208 Å². The number of rotatable bonds is 17. The molecule has 0 saturated carbocycles. The lowest BCUT2D eigenvalue weighted by atomic mass is 10.1. The zero-order valence-corrected chi connectivity index (χ0v) is 20.9. The van der Waals surface area contributed by atoms with E-state index in [1.165, 1.54) is 43.9 Å². The molecule has 7 heteroatoms. The number of ether oxygens (including phenoxy) is 3. The number of allylic oxidation sites excluding steroid dienone is 1. The molecule has 35 heavy (non-hydrogen) atoms. The van der Waals surface area contributed by atoms with Crippen LogP contribution < -0.4 is 14.2 Å². The second-order valence-electron chi connectivity index (χ2n) is 8.67. The first-order valence-corrected chi connectivity index (χ1v) is 12.4. The van der Waals surface area contributed by atoms with Crippen molar-refractivity contribution in [2.45, 2.75) is 65.2 Å². The van der Waals surface area contributed by atoms with Crippen molar-refractivity contribution in [3.63, 3.8) is 0 Å². The Morgan fingerprint density at radius 2 is 1.66 bits per heavy atom. The van der Waals surface area contributed by atoms with Crippen LogP contribution in [0.5, 0.6) is 17.2 Å². The Kier molecular flexibility index (Phi) is 12.4. The molecule has 0 aliphatic carbocycles. The molecule has 0 saturated heterocycles. The smallest absolute Gasteiger partial charge is 0.343 e. The van der Waals surface area contributed by atoms with Gasteiger partial charge in [-0.1, -0.05) is 52.0 Å². The van der Waals surface area contributed by atoms with Crippen molar-refractivity contribution in [3.05, 3.63) is 70.8 Å². The molecule has 190 valence electrons. The van der Waals surface area contributed by atoms with Gasteiger partial charge in [0.25, 0.3) is 0 Å². The molecule has 0 radical (unpaired) electrons. The van der Waals surface area contributed by atoms with Gasteiger partial charge in [0.15, 0.2) is 5.75 Å². The highest BCUT2D eigenvalue weighted by atomic mass is 16.6. The van der Waals surface area contributed by atoms with E-state index in [0.29, 0.717) is 24.7 Å². The lowest BCUT2D eigenvalue weighted by Gasteiger charge is -2.12. The quantitative estimate of drug-likeness (QED) is 0.0577. The summed E-state index contributed by atoms with van der Waals surface area (Å²) in [5.74, 6) is 0.767. The molecule has 7 nitrogen and oxygen atoms in total. The van der Waals surface area contributed by atoms with E-state index in [-0.39, 0.29) is 22.9 Å². The summed E-state index contributed by atoms with van der Waals surface area (Å²) in [6, 6.07) is 10.9. The van der Waals surface area contributed by atoms with Crippen molar-refractivity contribution in [2.24, 2.45) is 5.92 Å². The van der Waals surface area contributed by atoms with Crippen molar-refractivity contribution in [1.82, 2.24) is 0 Å². The first kappa shape index (κ1) is 27.9. The summed E-state index contributed by atoms with van der Waals surface area (Å²) in [7, 11) is 0. The molecule has 0 heterocycles. The van der Waals surface area contributed by atoms with Crippen LogP contribution in [-0.2, 0) is 0 Å². The second kappa shape index (κ2) is 15.5. The lowest BCUT2D eigenvalue weighted by molar-refractivity contribution is -0.385. The molecule has 1 unspecified atom stereocenters. The molecule has 0 aliphatic rings. The standard InChI is InChI=1S/C28H37NO6/c1-4-6-7-8-9-10-11-12-19-33-24-14-16-25(17-15-24)35-28(30)23-13-18-27(26(20-23)29(31)32)34-21-22(3)5-2/h4,13-18,20,22H,1,5-12,19,21H2,2-3H3. The maximum absolute atomic E-state index is 12.5. The minimum Gasteiger partial charge on any atom is -0.494 e. The Hall–Kier alpha value is -3.35. The van der Waals surface area contributed by atoms with Crippen LogP contribution in [0.25, 0.3) is 0 Å². The fourth-order valence-electron chi connectivity index (χ4n) is 3.32. The van der Waals surface area contributed by atoms with E-state index in [1.54, 1.807) is 24.3 Å². The number of hydrogen-bond donors (Lipinski definition) is 0. The van der Waals surface area contributed by atoms with Gasteiger partial charge in [-0.3, -0.25) is 10.1 Å². The van der Waals surface area contributed by atoms with Crippen LogP contribution >= 0.6 is 0 Å². The maximum Gasteiger partial charge on any atom is 0.343 e. The predicted molar refractivity (Wildman–Crippen MR) is 137 cm³/mol. The van der Waals surface area contributed by atoms with Crippen molar-refractivity contribution < 1.29 is 23.9 Å². The number of carbonyl (C=O) groups is 1. The minimum atomic E-state index is -0.677. The van der Waals surface area contributed by atoms with Crippen LogP contribution in [0.2, 0.25) is 0 Å². The average Bonchev–Trinajstić information content (AvgIpc) is 2.87. The van der Waals surface area contributed by atoms with Gasteiger partial charge in [-0.2, -0.15) is 0 Å². The number of hydrogen-bond acceptors (Lipinski definition) is 6. The van der Waals surface area contributed by atoms with Crippen LogP contribution in [0.1, 0.15) is 75.6 Å². The zero-order valence-electron chi connectivity index (χ0n) is 20.9. The summed E-state index contributed by atoms with van der Waals surface area (Å²) in [5.41, 5.74) is -0.180. The van der Waals surface area contributed by atoms with Crippen LogP contribution in [0.4, 0.5) is 5.69 Å². The Balaban J connectivity index is 1.82. The van der Waals surface area contributed by atoms with Crippen molar-refractivity contribution in [1.29, 1.82) is 0 Å². The summed E-state index contributed by atoms with van der Waals surface area (Å²) in [4.78, 5) is 23.4. The number of esters is 1. The van der Waals surface area contributed by atoms with E-state index in [4.69, 9.17) is 14.2 Å². The van der Waals surface area contributed by atoms with Crippen molar-refractivity contribution in [2.75, 3.05) is 13.2 Å². The molecule has 2 rings (SSSR count). The number of nitro benzene ring substituents is 1. The minimum absolute atomic E-state index is 0.0809. The normalized spacial score (nSPS) is 11.5. The first-order chi connectivity index (χ1) is 16.9. The number of unbranched alkanes of at least 4 members (excludes halogenated alkanes) is 6. The molecule has 0 spiro atoms. The van der Waals surface area contributed by atoms with Gasteiger partial charge in [-0.05, 0) is 61.6 Å². The Bertz CT molecular complexity index is 941. The monoisotopic (exact) mass is 483 g/mol. The average molecular weight is 484 g/mol. The summed E-state index contributed by atoms with van der Waals surface area (Å²) < 4.78 is 16.7. The van der Waals surface area contributed by atoms with Crippen molar-refractivity contribution >= 4 is 11.7 Å². The van der Waals surface area contributed by atoms with E-state index in [1.807, 2.05) is 19.9 Å². The molecule has 0 N–H and O–H groups in total. The Morgan fingerprint density at radius 1 is 1.00 bits per heavy atom. The first-order valence-electron chi connectivity index (χ1n) is 12.4. The van der Waals surface area contributed by atoms with Gasteiger partial charge in [-0.25, -0.2) is 4.79 Å². The third kappa shape index (κ3) is 10.2. The van der Waals surface area contributed by atoms with E-state index in [9.17, 15) is 14.9 Å². The van der Waals surface area contributed by atoms with E-state index >= 15 is 0 Å². The largest absolute Gasteiger partial charge is 0.494 e. The third-order valence-corrected chi connectivity index (χ3v) is 5.72. The van der Waals surface area contributed by atoms with Gasteiger partial charge >= 0.3 is 11.7 Å². The zero-order chi connectivity index (χ0) is 25.5. The highest BCUT2D eigenvalue weighted by molar-refractivity contribution is 5.92. The molecule has 0 bridgehead atoms. The van der Waals surface area contributed by atoms with Gasteiger partial charge in [0.05, 0.1) is 23.7 Å². The fraction of sp³-hybridized carbons (Fsp3) is 0.464. The van der Waals surface area contributed by atoms with Crippen LogP contribution in [-0.4, -0.2) is 24.1 Å². The van der Waals surface area contributed by atoms with Crippen LogP contribution in [0, 0.1) is 16.0 Å². The summed E-state index contributed by atoms with van der Waals surface area (Å²) >= 11 is 0. The summed E-state index contributed by atoms with van der Waals surface area (Å²) in [6.45, 7) is 8.77. The predicted octanol–water partition coefficient (Wildman–Crippen LogP) is 7.53. The van der Waals surface area contributed by atoms with Gasteiger partial charge in [0.1, 0.15) is 11.5 Å². The fourth-order valence-corrected chi connectivity index (χ4v) is 3.32. The van der Waals surface area contributed by atoms with Crippen LogP contribution in [0.3, 0.4) is 0 Å². The highest BCUT2D eigenvalue weighted by Gasteiger charge is 2.20. The molecule has 1 atom stereocenters. The number of nitrogens with zero attached hydrogens (tertiary/aromatic N) is 1. The van der Waals surface area contributed by atoms with E-state index < -0.39 is 10.9 Å². The van der Waals surface area contributed by atoms with Crippen molar-refractivity contribution in [3.8, 4) is 17.2 Å². The maximum atomic E-state index is 12.5.